The molecular formula is C18H24O. The van der Waals surface area contributed by atoms with E-state index >= 15 is 0 Å². The van der Waals surface area contributed by atoms with E-state index in [0.717, 1.165) is 11.8 Å². The van der Waals surface area contributed by atoms with E-state index < -0.39 is 5.60 Å². The summed E-state index contributed by atoms with van der Waals surface area (Å²) in [6.07, 6.45) is 6.48. The molecule has 4 aliphatic rings. The maximum Gasteiger partial charge on any atom is 0.0955 e. The lowest BCUT2D eigenvalue weighted by molar-refractivity contribution is -0.179. The molecular weight excluding hydrogens is 232 g/mol. The third kappa shape index (κ3) is 1.51. The summed E-state index contributed by atoms with van der Waals surface area (Å²) in [6.45, 7) is 4.35. The summed E-state index contributed by atoms with van der Waals surface area (Å²) in [5, 5.41) is 11.6. The van der Waals surface area contributed by atoms with Crippen LogP contribution in [0.15, 0.2) is 18.2 Å². The lowest BCUT2D eigenvalue weighted by atomic mass is 9.48. The predicted octanol–water partition coefficient (Wildman–Crippen LogP) is 3.95. The second-order valence-electron chi connectivity index (χ2n) is 7.38. The minimum atomic E-state index is -0.524. The van der Waals surface area contributed by atoms with Crippen molar-refractivity contribution >= 4 is 0 Å². The molecule has 0 amide bonds. The van der Waals surface area contributed by atoms with Crippen LogP contribution in [0, 0.1) is 37.5 Å². The molecule has 1 nitrogen and oxygen atoms in total. The third-order valence-corrected chi connectivity index (χ3v) is 6.42. The summed E-state index contributed by atoms with van der Waals surface area (Å²) >= 11 is 0. The van der Waals surface area contributed by atoms with Crippen molar-refractivity contribution in [3.8, 4) is 0 Å². The zero-order chi connectivity index (χ0) is 13.2. The van der Waals surface area contributed by atoms with E-state index in [9.17, 15) is 5.11 Å². The molecule has 1 aromatic rings. The van der Waals surface area contributed by atoms with Crippen molar-refractivity contribution in [2.75, 3.05) is 0 Å². The molecule has 1 aromatic carbocycles. The fourth-order valence-corrected chi connectivity index (χ4v) is 5.53. The van der Waals surface area contributed by atoms with Gasteiger partial charge in [-0.05, 0) is 86.3 Å². The molecule has 0 atom stereocenters. The highest BCUT2D eigenvalue weighted by Gasteiger charge is 2.57. The lowest BCUT2D eigenvalue weighted by Crippen LogP contribution is -2.55. The number of aliphatic hydroxyl groups is 1. The van der Waals surface area contributed by atoms with Gasteiger partial charge >= 0.3 is 0 Å². The van der Waals surface area contributed by atoms with E-state index in [2.05, 4.69) is 32.0 Å². The largest absolute Gasteiger partial charge is 0.385 e. The second-order valence-corrected chi connectivity index (χ2v) is 7.38. The molecule has 4 aliphatic carbocycles. The van der Waals surface area contributed by atoms with E-state index in [0.29, 0.717) is 11.8 Å². The second kappa shape index (κ2) is 3.85. The van der Waals surface area contributed by atoms with Crippen molar-refractivity contribution in [1.29, 1.82) is 0 Å². The smallest absolute Gasteiger partial charge is 0.0955 e. The molecule has 0 saturated heterocycles. The molecule has 0 aromatic heterocycles. The van der Waals surface area contributed by atoms with Crippen molar-refractivity contribution in [1.82, 2.24) is 0 Å². The highest BCUT2D eigenvalue weighted by Crippen LogP contribution is 2.62. The van der Waals surface area contributed by atoms with Crippen LogP contribution in [0.3, 0.4) is 0 Å². The van der Waals surface area contributed by atoms with Crippen molar-refractivity contribution in [3.05, 3.63) is 34.9 Å². The Labute approximate surface area is 116 Å². The van der Waals surface area contributed by atoms with Crippen LogP contribution in [0.4, 0.5) is 0 Å². The summed E-state index contributed by atoms with van der Waals surface area (Å²) in [7, 11) is 0. The minimum absolute atomic E-state index is 0.518. The molecule has 0 aliphatic heterocycles. The number of aryl methyl sites for hydroxylation is 1. The van der Waals surface area contributed by atoms with Crippen LogP contribution in [0.2, 0.25) is 0 Å². The van der Waals surface area contributed by atoms with Crippen LogP contribution in [0.1, 0.15) is 48.8 Å². The van der Waals surface area contributed by atoms with Crippen molar-refractivity contribution in [2.24, 2.45) is 23.7 Å². The third-order valence-electron chi connectivity index (χ3n) is 6.42. The molecule has 102 valence electrons. The molecule has 5 rings (SSSR count). The van der Waals surface area contributed by atoms with Gasteiger partial charge in [-0.15, -0.1) is 0 Å². The Hall–Kier alpha value is -0.820. The first kappa shape index (κ1) is 12.0. The van der Waals surface area contributed by atoms with E-state index in [4.69, 9.17) is 0 Å². The number of benzene rings is 1. The predicted molar refractivity (Wildman–Crippen MR) is 76.9 cm³/mol. The Balaban J connectivity index is 1.83. The van der Waals surface area contributed by atoms with Gasteiger partial charge in [0.25, 0.3) is 0 Å². The first-order valence-electron chi connectivity index (χ1n) is 7.88. The maximum atomic E-state index is 11.6. The van der Waals surface area contributed by atoms with Crippen LogP contribution in [0.25, 0.3) is 0 Å². The fourth-order valence-electron chi connectivity index (χ4n) is 5.53. The lowest BCUT2D eigenvalue weighted by Gasteiger charge is -2.59. The van der Waals surface area contributed by atoms with Gasteiger partial charge in [0.05, 0.1) is 5.60 Å². The van der Waals surface area contributed by atoms with Crippen LogP contribution in [0.5, 0.6) is 0 Å². The molecule has 0 radical (unpaired) electrons. The highest BCUT2D eigenvalue weighted by atomic mass is 16.3. The van der Waals surface area contributed by atoms with Gasteiger partial charge in [-0.3, -0.25) is 0 Å². The van der Waals surface area contributed by atoms with Gasteiger partial charge < -0.3 is 5.11 Å². The van der Waals surface area contributed by atoms with Crippen molar-refractivity contribution in [2.45, 2.75) is 51.6 Å². The van der Waals surface area contributed by atoms with Gasteiger partial charge in [0.1, 0.15) is 0 Å². The SMILES string of the molecule is Cc1cccc(C2(O)C3CC4CC(C3)CC2C4)c1C. The van der Waals surface area contributed by atoms with E-state index in [1.165, 1.54) is 48.8 Å². The average molecular weight is 256 g/mol. The molecule has 19 heavy (non-hydrogen) atoms. The molecule has 0 spiro atoms. The summed E-state index contributed by atoms with van der Waals surface area (Å²) in [6, 6.07) is 6.48. The Morgan fingerprint density at radius 1 is 0.947 bits per heavy atom. The van der Waals surface area contributed by atoms with Crippen LogP contribution in [-0.2, 0) is 5.60 Å². The van der Waals surface area contributed by atoms with Gasteiger partial charge in [-0.25, -0.2) is 0 Å². The summed E-state index contributed by atoms with van der Waals surface area (Å²) in [5.41, 5.74) is 3.35. The van der Waals surface area contributed by atoms with Gasteiger partial charge in [-0.1, -0.05) is 18.2 Å². The van der Waals surface area contributed by atoms with Gasteiger partial charge in [0, 0.05) is 0 Å². The van der Waals surface area contributed by atoms with Crippen molar-refractivity contribution < 1.29 is 5.11 Å². The van der Waals surface area contributed by atoms with Crippen LogP contribution in [-0.4, -0.2) is 5.11 Å². The normalized spacial score (nSPS) is 43.7. The number of hydrogen-bond donors (Lipinski definition) is 1. The Morgan fingerprint density at radius 2 is 1.53 bits per heavy atom. The van der Waals surface area contributed by atoms with Gasteiger partial charge in [0.2, 0.25) is 0 Å². The van der Waals surface area contributed by atoms with E-state index in [1.54, 1.807) is 0 Å². The average Bonchev–Trinajstić information content (AvgIpc) is 2.38. The van der Waals surface area contributed by atoms with E-state index in [-0.39, 0.29) is 0 Å². The first-order valence-corrected chi connectivity index (χ1v) is 7.88. The molecule has 0 unspecified atom stereocenters. The Kier molecular flexibility index (Phi) is 2.42. The number of hydrogen-bond acceptors (Lipinski definition) is 1. The Morgan fingerprint density at radius 3 is 2.11 bits per heavy atom. The molecule has 4 fully saturated rings. The zero-order valence-electron chi connectivity index (χ0n) is 12.0. The number of rotatable bonds is 1. The van der Waals surface area contributed by atoms with Gasteiger partial charge in [-0.2, -0.15) is 0 Å². The van der Waals surface area contributed by atoms with Gasteiger partial charge in [0.15, 0.2) is 0 Å². The minimum Gasteiger partial charge on any atom is -0.385 e. The quantitative estimate of drug-likeness (QED) is 0.806. The van der Waals surface area contributed by atoms with Crippen molar-refractivity contribution in [3.63, 3.8) is 0 Å². The fraction of sp³-hybridized carbons (Fsp3) is 0.667. The Bertz CT molecular complexity index is 488. The molecule has 1 N–H and O–H groups in total. The molecule has 1 heteroatoms. The maximum absolute atomic E-state index is 11.6. The molecule has 0 heterocycles. The molecule has 4 bridgehead atoms. The first-order chi connectivity index (χ1) is 9.09. The summed E-state index contributed by atoms with van der Waals surface area (Å²) in [5.74, 6) is 2.86. The van der Waals surface area contributed by atoms with Crippen LogP contribution >= 0.6 is 0 Å². The standard InChI is InChI=1S/C18H24O/c1-11-4-3-5-17(12(11)2)18(19)15-7-13-6-14(9-15)10-16(18)8-13/h3-5,13-16,19H,6-10H2,1-2H3. The topological polar surface area (TPSA) is 20.2 Å². The van der Waals surface area contributed by atoms with Crippen LogP contribution < -0.4 is 0 Å². The van der Waals surface area contributed by atoms with E-state index in [1.807, 2.05) is 0 Å². The monoisotopic (exact) mass is 256 g/mol. The highest BCUT2D eigenvalue weighted by molar-refractivity contribution is 5.39. The molecule has 4 saturated carbocycles. The zero-order valence-corrected chi connectivity index (χ0v) is 12.0. The summed E-state index contributed by atoms with van der Waals surface area (Å²) in [4.78, 5) is 0. The summed E-state index contributed by atoms with van der Waals surface area (Å²) < 4.78 is 0.